The Morgan fingerprint density at radius 2 is 2.27 bits per heavy atom. The molecule has 5 rings (SSSR count). The summed E-state index contributed by atoms with van der Waals surface area (Å²) in [5.41, 5.74) is 12.4. The quantitative estimate of drug-likeness (QED) is 0.383. The van der Waals surface area contributed by atoms with Gasteiger partial charge in [0.15, 0.2) is 6.73 Å². The van der Waals surface area contributed by atoms with Crippen LogP contribution in [-0.4, -0.2) is 44.4 Å². The Morgan fingerprint density at radius 1 is 1.40 bits per heavy atom. The third-order valence-electron chi connectivity index (χ3n) is 6.09. The maximum atomic E-state index is 13.7. The summed E-state index contributed by atoms with van der Waals surface area (Å²) < 4.78 is 7.41. The number of hydrogen-bond donors (Lipinski definition) is 1. The first-order chi connectivity index (χ1) is 14.7. The van der Waals surface area contributed by atoms with Gasteiger partial charge in [-0.3, -0.25) is 9.89 Å². The van der Waals surface area contributed by atoms with Crippen LogP contribution >= 0.6 is 0 Å². The fraction of sp³-hybridized carbons (Fsp3) is 0.429. The third kappa shape index (κ3) is 3.27. The Balaban J connectivity index is 1.45. The van der Waals surface area contributed by atoms with Crippen LogP contribution in [0.3, 0.4) is 0 Å². The van der Waals surface area contributed by atoms with Gasteiger partial charge in [0.25, 0.3) is 5.91 Å². The summed E-state index contributed by atoms with van der Waals surface area (Å²) in [7, 11) is 1.93. The predicted molar refractivity (Wildman–Crippen MR) is 111 cm³/mol. The number of benzene rings is 1. The molecule has 0 saturated heterocycles. The van der Waals surface area contributed by atoms with E-state index in [1.807, 2.05) is 42.2 Å². The zero-order chi connectivity index (χ0) is 20.7. The fourth-order valence-corrected chi connectivity index (χ4v) is 4.51. The molecule has 1 unspecified atom stereocenters. The summed E-state index contributed by atoms with van der Waals surface area (Å²) in [6.07, 6.45) is 8.73. The number of rotatable bonds is 6. The van der Waals surface area contributed by atoms with E-state index in [4.69, 9.17) is 10.3 Å². The lowest BCUT2D eigenvalue weighted by Gasteiger charge is -2.34. The van der Waals surface area contributed by atoms with Crippen LogP contribution in [0.1, 0.15) is 40.9 Å². The van der Waals surface area contributed by atoms with Crippen LogP contribution in [0.2, 0.25) is 0 Å². The van der Waals surface area contributed by atoms with Crippen LogP contribution < -0.4 is 4.74 Å². The summed E-state index contributed by atoms with van der Waals surface area (Å²) in [4.78, 5) is 18.5. The summed E-state index contributed by atoms with van der Waals surface area (Å²) >= 11 is 0. The van der Waals surface area contributed by atoms with Gasteiger partial charge >= 0.3 is 0 Å². The SMILES string of the molecule is Cn1cc(C(=O)N(C2CC2)C2CCc3n[nH]cc3C2)c2ccc(OCN=[N+]=[N-])cc21. The van der Waals surface area contributed by atoms with Gasteiger partial charge in [-0.2, -0.15) is 5.10 Å². The number of amides is 1. The zero-order valence-electron chi connectivity index (χ0n) is 16.8. The lowest BCUT2D eigenvalue weighted by atomic mass is 9.91. The van der Waals surface area contributed by atoms with E-state index in [0.717, 1.165) is 54.3 Å². The van der Waals surface area contributed by atoms with Gasteiger partial charge in [-0.1, -0.05) is 5.11 Å². The minimum Gasteiger partial charge on any atom is -0.487 e. The molecule has 1 fully saturated rings. The van der Waals surface area contributed by atoms with Crippen molar-refractivity contribution in [3.63, 3.8) is 0 Å². The lowest BCUT2D eigenvalue weighted by molar-refractivity contribution is 0.0644. The minimum atomic E-state index is -0.0641. The molecule has 30 heavy (non-hydrogen) atoms. The van der Waals surface area contributed by atoms with Crippen molar-refractivity contribution in [3.05, 3.63) is 57.9 Å². The number of aryl methyl sites for hydroxylation is 2. The topological polar surface area (TPSA) is 112 Å². The van der Waals surface area contributed by atoms with Gasteiger partial charge in [-0.15, -0.1) is 0 Å². The molecular formula is C21H23N7O2. The average molecular weight is 405 g/mol. The van der Waals surface area contributed by atoms with Crippen molar-refractivity contribution in [1.82, 2.24) is 19.7 Å². The van der Waals surface area contributed by atoms with Gasteiger partial charge in [-0.05, 0) is 55.3 Å². The molecule has 1 amide bonds. The highest BCUT2D eigenvalue weighted by Gasteiger charge is 2.40. The number of fused-ring (bicyclic) bond motifs is 2. The molecule has 0 spiro atoms. The summed E-state index contributed by atoms with van der Waals surface area (Å²) in [6.45, 7) is -0.0641. The lowest BCUT2D eigenvalue weighted by Crippen LogP contribution is -2.44. The smallest absolute Gasteiger partial charge is 0.256 e. The van der Waals surface area contributed by atoms with Crippen molar-refractivity contribution < 1.29 is 9.53 Å². The molecule has 9 heteroatoms. The molecule has 2 heterocycles. The highest BCUT2D eigenvalue weighted by molar-refractivity contribution is 6.07. The second-order valence-corrected chi connectivity index (χ2v) is 8.03. The monoisotopic (exact) mass is 405 g/mol. The Kier molecular flexibility index (Phi) is 4.59. The molecule has 2 aromatic heterocycles. The molecule has 2 aliphatic carbocycles. The number of H-pyrrole nitrogens is 1. The first-order valence-electron chi connectivity index (χ1n) is 10.2. The van der Waals surface area contributed by atoms with Crippen LogP contribution in [-0.2, 0) is 19.9 Å². The number of nitrogens with one attached hydrogen (secondary N) is 1. The molecule has 0 aliphatic heterocycles. The van der Waals surface area contributed by atoms with Gasteiger partial charge < -0.3 is 14.2 Å². The van der Waals surface area contributed by atoms with Crippen LogP contribution in [0.25, 0.3) is 21.3 Å². The molecule has 1 saturated carbocycles. The first-order valence-corrected chi connectivity index (χ1v) is 10.2. The minimum absolute atomic E-state index is 0.0641. The number of hydrogen-bond acceptors (Lipinski definition) is 4. The van der Waals surface area contributed by atoms with Crippen molar-refractivity contribution in [2.75, 3.05) is 6.73 Å². The second-order valence-electron chi connectivity index (χ2n) is 8.03. The Morgan fingerprint density at radius 3 is 3.07 bits per heavy atom. The summed E-state index contributed by atoms with van der Waals surface area (Å²) in [6, 6.07) is 6.13. The number of carbonyl (C=O) groups excluding carboxylic acids is 1. The average Bonchev–Trinajstić information content (AvgIpc) is 3.37. The molecule has 0 bridgehead atoms. The van der Waals surface area contributed by atoms with Crippen molar-refractivity contribution >= 4 is 16.8 Å². The number of ether oxygens (including phenoxy) is 1. The third-order valence-corrected chi connectivity index (χ3v) is 6.09. The summed E-state index contributed by atoms with van der Waals surface area (Å²) in [5, 5.41) is 11.6. The molecule has 3 aromatic rings. The number of nitrogens with zero attached hydrogens (tertiary/aromatic N) is 6. The molecule has 1 atom stereocenters. The van der Waals surface area contributed by atoms with Crippen LogP contribution in [0.5, 0.6) is 5.75 Å². The largest absolute Gasteiger partial charge is 0.487 e. The van der Waals surface area contributed by atoms with E-state index in [-0.39, 0.29) is 18.7 Å². The highest BCUT2D eigenvalue weighted by Crippen LogP contribution is 2.36. The van der Waals surface area contributed by atoms with E-state index < -0.39 is 0 Å². The van der Waals surface area contributed by atoms with Gasteiger partial charge in [0.1, 0.15) is 5.75 Å². The van der Waals surface area contributed by atoms with Gasteiger partial charge in [-0.25, -0.2) is 0 Å². The van der Waals surface area contributed by atoms with E-state index in [0.29, 0.717) is 11.8 Å². The van der Waals surface area contributed by atoms with Crippen LogP contribution in [0, 0.1) is 0 Å². The van der Waals surface area contributed by atoms with E-state index in [9.17, 15) is 4.79 Å². The van der Waals surface area contributed by atoms with E-state index >= 15 is 0 Å². The maximum absolute atomic E-state index is 13.7. The first kappa shape index (κ1) is 18.6. The molecule has 9 nitrogen and oxygen atoms in total. The van der Waals surface area contributed by atoms with E-state index in [1.165, 1.54) is 5.56 Å². The molecular weight excluding hydrogens is 382 g/mol. The predicted octanol–water partition coefficient (Wildman–Crippen LogP) is 3.71. The van der Waals surface area contributed by atoms with Crippen molar-refractivity contribution in [2.24, 2.45) is 12.2 Å². The maximum Gasteiger partial charge on any atom is 0.256 e. The van der Waals surface area contributed by atoms with Gasteiger partial charge in [0.2, 0.25) is 0 Å². The molecule has 1 N–H and O–H groups in total. The van der Waals surface area contributed by atoms with Gasteiger partial charge in [0, 0.05) is 47.9 Å². The highest BCUT2D eigenvalue weighted by atomic mass is 16.5. The number of carbonyl (C=O) groups is 1. The number of azide groups is 1. The Bertz CT molecular complexity index is 1150. The van der Waals surface area contributed by atoms with Crippen LogP contribution in [0.4, 0.5) is 0 Å². The van der Waals surface area contributed by atoms with E-state index in [1.54, 1.807) is 0 Å². The van der Waals surface area contributed by atoms with Crippen molar-refractivity contribution in [3.8, 4) is 5.75 Å². The molecule has 1 aromatic carbocycles. The Labute approximate surface area is 173 Å². The van der Waals surface area contributed by atoms with Gasteiger partial charge in [0.05, 0.1) is 16.8 Å². The standard InChI is InChI=1S/C21H23N7O2/c1-27-11-18(17-6-5-16(9-20(17)27)30-12-24-26-22)21(29)28(14-2-3-14)15-4-7-19-13(8-15)10-23-25-19/h5-6,9-11,14-15H,2-4,7-8,12H2,1H3,(H,23,25). The molecule has 2 aliphatic rings. The zero-order valence-corrected chi connectivity index (χ0v) is 16.8. The number of aromatic nitrogens is 3. The molecule has 154 valence electrons. The molecule has 0 radical (unpaired) electrons. The normalized spacial score (nSPS) is 18.0. The Hall–Kier alpha value is -3.45. The van der Waals surface area contributed by atoms with Crippen molar-refractivity contribution in [2.45, 2.75) is 44.2 Å². The van der Waals surface area contributed by atoms with E-state index in [2.05, 4.69) is 25.1 Å². The fourth-order valence-electron chi connectivity index (χ4n) is 4.51. The summed E-state index contributed by atoms with van der Waals surface area (Å²) in [5.74, 6) is 0.705. The number of aromatic amines is 1. The second kappa shape index (κ2) is 7.42. The van der Waals surface area contributed by atoms with Crippen LogP contribution in [0.15, 0.2) is 35.7 Å². The van der Waals surface area contributed by atoms with Crippen molar-refractivity contribution in [1.29, 1.82) is 0 Å².